The highest BCUT2D eigenvalue weighted by Crippen LogP contribution is 2.11. The summed E-state index contributed by atoms with van der Waals surface area (Å²) >= 11 is 1.74. The molecular weight excluding hydrogens is 152 g/mol. The van der Waals surface area contributed by atoms with Crippen molar-refractivity contribution in [2.45, 2.75) is 20.8 Å². The van der Waals surface area contributed by atoms with Crippen LogP contribution in [0, 0.1) is 0 Å². The summed E-state index contributed by atoms with van der Waals surface area (Å²) in [5, 5.41) is 0. The second-order valence-electron chi connectivity index (χ2n) is 1.49. The maximum absolute atomic E-state index is 3.58. The normalized spacial score (nSPS) is 10.7. The molecule has 0 bridgehead atoms. The van der Waals surface area contributed by atoms with Crippen LogP contribution in [0.1, 0.15) is 20.8 Å². The molecule has 0 unspecified atom stereocenters. The number of allylic oxidation sites excluding steroid dienone is 4. The molecule has 0 N–H and O–H groups in total. The molecule has 0 aliphatic carbocycles. The van der Waals surface area contributed by atoms with Crippen molar-refractivity contribution >= 4 is 11.8 Å². The van der Waals surface area contributed by atoms with Gasteiger partial charge in [0.25, 0.3) is 0 Å². The van der Waals surface area contributed by atoms with E-state index < -0.39 is 0 Å². The van der Waals surface area contributed by atoms with Crippen molar-refractivity contribution in [1.82, 2.24) is 0 Å². The first kappa shape index (κ1) is 13.2. The van der Waals surface area contributed by atoms with E-state index >= 15 is 0 Å². The number of hydrogen-bond donors (Lipinski definition) is 0. The third-order valence-electron chi connectivity index (χ3n) is 0.917. The Balaban J connectivity index is 0. The van der Waals surface area contributed by atoms with Gasteiger partial charge in [-0.05, 0) is 19.3 Å². The molecule has 0 amide bonds. The summed E-state index contributed by atoms with van der Waals surface area (Å²) in [6, 6.07) is 0. The van der Waals surface area contributed by atoms with Crippen molar-refractivity contribution in [3.8, 4) is 0 Å². The molecule has 0 aliphatic heterocycles. The van der Waals surface area contributed by atoms with Crippen LogP contribution in [-0.2, 0) is 0 Å². The van der Waals surface area contributed by atoms with Crippen LogP contribution in [0.2, 0.25) is 0 Å². The molecular formula is C10H18S. The van der Waals surface area contributed by atoms with Gasteiger partial charge in [0.15, 0.2) is 0 Å². The lowest BCUT2D eigenvalue weighted by molar-refractivity contribution is 1.50. The minimum Gasteiger partial charge on any atom is -0.130 e. The Labute approximate surface area is 75.1 Å². The average Bonchev–Trinajstić information content (AvgIpc) is 2.10. The monoisotopic (exact) mass is 170 g/mol. The quantitative estimate of drug-likeness (QED) is 0.576. The van der Waals surface area contributed by atoms with E-state index in [2.05, 4.69) is 18.9 Å². The zero-order valence-electron chi connectivity index (χ0n) is 7.92. The van der Waals surface area contributed by atoms with E-state index in [0.717, 1.165) is 0 Å². The van der Waals surface area contributed by atoms with Crippen LogP contribution in [0.15, 0.2) is 35.8 Å². The van der Waals surface area contributed by atoms with E-state index in [4.69, 9.17) is 0 Å². The Morgan fingerprint density at radius 1 is 1.36 bits per heavy atom. The highest BCUT2D eigenvalue weighted by atomic mass is 32.2. The first-order valence-electron chi connectivity index (χ1n) is 3.84. The Kier molecular flexibility index (Phi) is 14.7. The molecule has 0 rings (SSSR count). The molecule has 0 atom stereocenters. The van der Waals surface area contributed by atoms with Crippen molar-refractivity contribution in [2.24, 2.45) is 0 Å². The Morgan fingerprint density at radius 3 is 2.18 bits per heavy atom. The lowest BCUT2D eigenvalue weighted by Gasteiger charge is -1.90. The van der Waals surface area contributed by atoms with Crippen molar-refractivity contribution in [3.63, 3.8) is 0 Å². The van der Waals surface area contributed by atoms with Crippen molar-refractivity contribution < 1.29 is 0 Å². The summed E-state index contributed by atoms with van der Waals surface area (Å²) in [4.78, 5) is 1.27. The SMILES string of the molecule is C=C/C=C\C(=C\C)SC.CC. The third-order valence-corrected chi connectivity index (χ3v) is 1.76. The van der Waals surface area contributed by atoms with E-state index in [-0.39, 0.29) is 0 Å². The standard InChI is InChI=1S/C8H12S.C2H6/c1-4-6-7-8(5-2)9-3;1-2/h4-7H,1H2,2-3H3;1-2H3/b7-6-,8-5-;. The summed E-state index contributed by atoms with van der Waals surface area (Å²) in [5.74, 6) is 0. The smallest absolute Gasteiger partial charge is 0.00264 e. The zero-order chi connectivity index (χ0) is 9.11. The van der Waals surface area contributed by atoms with E-state index in [1.54, 1.807) is 17.8 Å². The van der Waals surface area contributed by atoms with Crippen LogP contribution in [-0.4, -0.2) is 6.26 Å². The molecule has 64 valence electrons. The van der Waals surface area contributed by atoms with Crippen LogP contribution >= 0.6 is 11.8 Å². The first-order valence-corrected chi connectivity index (χ1v) is 5.07. The highest BCUT2D eigenvalue weighted by molar-refractivity contribution is 8.02. The second-order valence-corrected chi connectivity index (χ2v) is 2.37. The Hall–Kier alpha value is -0.430. The molecule has 0 saturated carbocycles. The van der Waals surface area contributed by atoms with Crippen LogP contribution < -0.4 is 0 Å². The van der Waals surface area contributed by atoms with Gasteiger partial charge in [-0.2, -0.15) is 0 Å². The Morgan fingerprint density at radius 2 is 1.91 bits per heavy atom. The van der Waals surface area contributed by atoms with Gasteiger partial charge in [-0.1, -0.05) is 38.7 Å². The maximum Gasteiger partial charge on any atom is 0.00264 e. The zero-order valence-corrected chi connectivity index (χ0v) is 8.74. The fourth-order valence-corrected chi connectivity index (χ4v) is 0.895. The predicted molar refractivity (Wildman–Crippen MR) is 58.0 cm³/mol. The molecule has 0 fully saturated rings. The molecule has 0 spiro atoms. The van der Waals surface area contributed by atoms with E-state index in [0.29, 0.717) is 0 Å². The lowest BCUT2D eigenvalue weighted by atomic mass is 10.4. The van der Waals surface area contributed by atoms with Crippen LogP contribution in [0.25, 0.3) is 0 Å². The molecule has 1 heteroatoms. The predicted octanol–water partition coefficient (Wildman–Crippen LogP) is 4.02. The molecule has 11 heavy (non-hydrogen) atoms. The molecule has 0 aromatic heterocycles. The van der Waals surface area contributed by atoms with Crippen LogP contribution in [0.5, 0.6) is 0 Å². The molecule has 0 aliphatic rings. The van der Waals surface area contributed by atoms with E-state index in [1.165, 1.54) is 4.91 Å². The van der Waals surface area contributed by atoms with E-state index in [1.807, 2.05) is 32.9 Å². The fourth-order valence-electron chi connectivity index (χ4n) is 0.445. The van der Waals surface area contributed by atoms with Crippen molar-refractivity contribution in [3.05, 3.63) is 35.8 Å². The average molecular weight is 170 g/mol. The molecule has 0 aromatic carbocycles. The maximum atomic E-state index is 3.58. The topological polar surface area (TPSA) is 0 Å². The van der Waals surface area contributed by atoms with Crippen molar-refractivity contribution in [1.29, 1.82) is 0 Å². The van der Waals surface area contributed by atoms with Gasteiger partial charge < -0.3 is 0 Å². The lowest BCUT2D eigenvalue weighted by Crippen LogP contribution is -1.63. The summed E-state index contributed by atoms with van der Waals surface area (Å²) in [5.41, 5.74) is 0. The van der Waals surface area contributed by atoms with Gasteiger partial charge in [0.2, 0.25) is 0 Å². The van der Waals surface area contributed by atoms with Gasteiger partial charge in [-0.3, -0.25) is 0 Å². The summed E-state index contributed by atoms with van der Waals surface area (Å²) < 4.78 is 0. The van der Waals surface area contributed by atoms with Crippen LogP contribution in [0.3, 0.4) is 0 Å². The minimum absolute atomic E-state index is 1.27. The molecule has 0 nitrogen and oxygen atoms in total. The molecule has 0 aromatic rings. The van der Waals surface area contributed by atoms with Gasteiger partial charge in [0.1, 0.15) is 0 Å². The molecule has 0 saturated heterocycles. The molecule has 0 radical (unpaired) electrons. The van der Waals surface area contributed by atoms with Gasteiger partial charge in [0, 0.05) is 4.91 Å². The molecule has 0 heterocycles. The summed E-state index contributed by atoms with van der Waals surface area (Å²) in [7, 11) is 0. The first-order chi connectivity index (χ1) is 5.35. The van der Waals surface area contributed by atoms with Gasteiger partial charge in [-0.15, -0.1) is 11.8 Å². The summed E-state index contributed by atoms with van der Waals surface area (Å²) in [6.07, 6.45) is 9.89. The fraction of sp³-hybridized carbons (Fsp3) is 0.400. The minimum atomic E-state index is 1.27. The third kappa shape index (κ3) is 9.57. The van der Waals surface area contributed by atoms with E-state index in [9.17, 15) is 0 Å². The highest BCUT2D eigenvalue weighted by Gasteiger charge is 1.80. The van der Waals surface area contributed by atoms with Gasteiger partial charge >= 0.3 is 0 Å². The van der Waals surface area contributed by atoms with Gasteiger partial charge in [-0.25, -0.2) is 0 Å². The number of hydrogen-bond acceptors (Lipinski definition) is 1. The largest absolute Gasteiger partial charge is 0.130 e. The second kappa shape index (κ2) is 12.3. The number of rotatable bonds is 3. The number of thioether (sulfide) groups is 1. The van der Waals surface area contributed by atoms with Crippen LogP contribution in [0.4, 0.5) is 0 Å². The van der Waals surface area contributed by atoms with Crippen molar-refractivity contribution in [2.75, 3.05) is 6.26 Å². The van der Waals surface area contributed by atoms with Gasteiger partial charge in [0.05, 0.1) is 0 Å². The Bertz CT molecular complexity index is 132. The summed E-state index contributed by atoms with van der Waals surface area (Å²) in [6.45, 7) is 9.60.